The number of halogens is 1. The highest BCUT2D eigenvalue weighted by atomic mass is 79.9. The van der Waals surface area contributed by atoms with E-state index in [-0.39, 0.29) is 0 Å². The maximum atomic E-state index is 5.63. The summed E-state index contributed by atoms with van der Waals surface area (Å²) in [5, 5.41) is 2.07. The van der Waals surface area contributed by atoms with Gasteiger partial charge in [-0.15, -0.1) is 11.3 Å². The number of hydrogen-bond donors (Lipinski definition) is 1. The van der Waals surface area contributed by atoms with E-state index in [4.69, 9.17) is 5.73 Å². The summed E-state index contributed by atoms with van der Waals surface area (Å²) in [6.45, 7) is 2.69. The SMILES string of the molecule is Cc1csc(Sc2cc(Br)ccc2CCN)n1. The Morgan fingerprint density at radius 2 is 2.29 bits per heavy atom. The fourth-order valence-corrected chi connectivity index (χ4v) is 3.96. The number of rotatable bonds is 4. The zero-order chi connectivity index (χ0) is 12.3. The fraction of sp³-hybridized carbons (Fsp3) is 0.250. The van der Waals surface area contributed by atoms with Crippen LogP contribution in [0.4, 0.5) is 0 Å². The van der Waals surface area contributed by atoms with E-state index in [1.807, 2.05) is 6.92 Å². The molecule has 5 heteroatoms. The number of nitrogens with zero attached hydrogens (tertiary/aromatic N) is 1. The summed E-state index contributed by atoms with van der Waals surface area (Å²) in [6.07, 6.45) is 0.903. The van der Waals surface area contributed by atoms with Crippen LogP contribution in [0.2, 0.25) is 0 Å². The van der Waals surface area contributed by atoms with Crippen LogP contribution < -0.4 is 5.73 Å². The van der Waals surface area contributed by atoms with Crippen LogP contribution in [0.5, 0.6) is 0 Å². The first-order valence-electron chi connectivity index (χ1n) is 5.27. The van der Waals surface area contributed by atoms with Crippen LogP contribution in [0.15, 0.2) is 37.3 Å². The van der Waals surface area contributed by atoms with E-state index >= 15 is 0 Å². The molecule has 0 saturated heterocycles. The van der Waals surface area contributed by atoms with Crippen molar-refractivity contribution in [3.8, 4) is 0 Å². The second kappa shape index (κ2) is 6.00. The molecular weight excluding hydrogens is 316 g/mol. The third kappa shape index (κ3) is 3.55. The second-order valence-electron chi connectivity index (χ2n) is 3.65. The Kier molecular flexibility index (Phi) is 4.62. The summed E-state index contributed by atoms with van der Waals surface area (Å²) >= 11 is 6.90. The molecule has 1 heterocycles. The molecule has 2 nitrogen and oxygen atoms in total. The van der Waals surface area contributed by atoms with Gasteiger partial charge in [-0.1, -0.05) is 33.8 Å². The highest BCUT2D eigenvalue weighted by Gasteiger charge is 2.07. The highest BCUT2D eigenvalue weighted by molar-refractivity contribution is 9.10. The van der Waals surface area contributed by atoms with Crippen molar-refractivity contribution in [2.24, 2.45) is 5.73 Å². The molecule has 0 spiro atoms. The average molecular weight is 329 g/mol. The van der Waals surface area contributed by atoms with Crippen molar-refractivity contribution in [1.82, 2.24) is 4.98 Å². The van der Waals surface area contributed by atoms with Crippen LogP contribution in [0.3, 0.4) is 0 Å². The van der Waals surface area contributed by atoms with Gasteiger partial charge in [-0.25, -0.2) is 4.98 Å². The Labute approximate surface area is 118 Å². The maximum Gasteiger partial charge on any atom is 0.154 e. The molecule has 0 aliphatic rings. The van der Waals surface area contributed by atoms with E-state index in [1.165, 1.54) is 10.5 Å². The van der Waals surface area contributed by atoms with Gasteiger partial charge in [0, 0.05) is 20.4 Å². The molecule has 0 unspecified atom stereocenters. The molecule has 0 radical (unpaired) electrons. The van der Waals surface area contributed by atoms with Gasteiger partial charge in [0.15, 0.2) is 4.34 Å². The number of benzene rings is 1. The normalized spacial score (nSPS) is 10.8. The molecular formula is C12H13BrN2S2. The van der Waals surface area contributed by atoms with Crippen molar-refractivity contribution in [3.63, 3.8) is 0 Å². The number of aromatic nitrogens is 1. The molecule has 90 valence electrons. The summed E-state index contributed by atoms with van der Waals surface area (Å²) in [5.41, 5.74) is 7.99. The highest BCUT2D eigenvalue weighted by Crippen LogP contribution is 2.34. The summed E-state index contributed by atoms with van der Waals surface area (Å²) in [6, 6.07) is 6.31. The molecule has 1 aromatic heterocycles. The molecule has 0 atom stereocenters. The standard InChI is InChI=1S/C12H13BrN2S2/c1-8-7-16-12(15-8)17-11-6-10(13)3-2-9(11)4-5-14/h2-3,6-7H,4-5,14H2,1H3. The smallest absolute Gasteiger partial charge is 0.154 e. The van der Waals surface area contributed by atoms with Crippen LogP contribution in [0.25, 0.3) is 0 Å². The van der Waals surface area contributed by atoms with Crippen molar-refractivity contribution < 1.29 is 0 Å². The largest absolute Gasteiger partial charge is 0.330 e. The maximum absolute atomic E-state index is 5.63. The van der Waals surface area contributed by atoms with Crippen molar-refractivity contribution in [1.29, 1.82) is 0 Å². The van der Waals surface area contributed by atoms with E-state index in [1.54, 1.807) is 23.1 Å². The van der Waals surface area contributed by atoms with E-state index in [2.05, 4.69) is 44.5 Å². The van der Waals surface area contributed by atoms with Crippen LogP contribution in [0, 0.1) is 6.92 Å². The molecule has 0 fully saturated rings. The fourth-order valence-electron chi connectivity index (χ4n) is 1.46. The Bertz CT molecular complexity index is 511. The molecule has 0 saturated carbocycles. The monoisotopic (exact) mass is 328 g/mol. The molecule has 1 aromatic carbocycles. The minimum absolute atomic E-state index is 0.673. The predicted octanol–water partition coefficient (Wildman–Crippen LogP) is 3.87. The predicted molar refractivity (Wildman–Crippen MR) is 77.9 cm³/mol. The van der Waals surface area contributed by atoms with Gasteiger partial charge in [-0.3, -0.25) is 0 Å². The third-order valence-electron chi connectivity index (χ3n) is 2.24. The number of nitrogens with two attached hydrogens (primary N) is 1. The van der Waals surface area contributed by atoms with Gasteiger partial charge < -0.3 is 5.73 Å². The van der Waals surface area contributed by atoms with Crippen LogP contribution >= 0.6 is 39.0 Å². The van der Waals surface area contributed by atoms with Crippen molar-refractivity contribution in [2.75, 3.05) is 6.54 Å². The molecule has 2 aromatic rings. The van der Waals surface area contributed by atoms with E-state index in [0.29, 0.717) is 6.54 Å². The summed E-state index contributed by atoms with van der Waals surface area (Å²) in [7, 11) is 0. The minimum Gasteiger partial charge on any atom is -0.330 e. The van der Waals surface area contributed by atoms with Gasteiger partial charge in [-0.2, -0.15) is 0 Å². The van der Waals surface area contributed by atoms with E-state index < -0.39 is 0 Å². The molecule has 0 bridgehead atoms. The lowest BCUT2D eigenvalue weighted by Gasteiger charge is -2.07. The zero-order valence-corrected chi connectivity index (χ0v) is 12.7. The van der Waals surface area contributed by atoms with Crippen LogP contribution in [0.1, 0.15) is 11.3 Å². The zero-order valence-electron chi connectivity index (χ0n) is 9.44. The van der Waals surface area contributed by atoms with Crippen LogP contribution in [-0.2, 0) is 6.42 Å². The van der Waals surface area contributed by atoms with Crippen LogP contribution in [-0.4, -0.2) is 11.5 Å². The van der Waals surface area contributed by atoms with E-state index in [9.17, 15) is 0 Å². The Morgan fingerprint density at radius 1 is 1.47 bits per heavy atom. The first-order valence-corrected chi connectivity index (χ1v) is 7.76. The number of aryl methyl sites for hydroxylation is 1. The summed E-state index contributed by atoms with van der Waals surface area (Å²) < 4.78 is 2.17. The number of hydrogen-bond acceptors (Lipinski definition) is 4. The van der Waals surface area contributed by atoms with Crippen molar-refractivity contribution in [2.45, 2.75) is 22.6 Å². The van der Waals surface area contributed by atoms with Gasteiger partial charge in [0.05, 0.1) is 0 Å². The first kappa shape index (κ1) is 13.1. The van der Waals surface area contributed by atoms with Gasteiger partial charge >= 0.3 is 0 Å². The minimum atomic E-state index is 0.673. The molecule has 0 aliphatic carbocycles. The van der Waals surface area contributed by atoms with E-state index in [0.717, 1.165) is 20.9 Å². The van der Waals surface area contributed by atoms with Gasteiger partial charge in [0.1, 0.15) is 0 Å². The van der Waals surface area contributed by atoms with Crippen molar-refractivity contribution >= 4 is 39.0 Å². The first-order chi connectivity index (χ1) is 8.19. The Morgan fingerprint density at radius 3 is 2.94 bits per heavy atom. The lowest BCUT2D eigenvalue weighted by atomic mass is 10.1. The Balaban J connectivity index is 2.26. The second-order valence-corrected chi connectivity index (χ2v) is 6.71. The number of thiazole rings is 1. The summed E-state index contributed by atoms with van der Waals surface area (Å²) in [5.74, 6) is 0. The van der Waals surface area contributed by atoms with Gasteiger partial charge in [0.25, 0.3) is 0 Å². The quantitative estimate of drug-likeness (QED) is 0.925. The summed E-state index contributed by atoms with van der Waals surface area (Å²) in [4.78, 5) is 5.71. The molecule has 2 rings (SSSR count). The lowest BCUT2D eigenvalue weighted by Crippen LogP contribution is -2.03. The topological polar surface area (TPSA) is 38.9 Å². The van der Waals surface area contributed by atoms with Gasteiger partial charge in [0.2, 0.25) is 0 Å². The molecule has 2 N–H and O–H groups in total. The molecule has 0 amide bonds. The average Bonchev–Trinajstić information content (AvgIpc) is 2.68. The molecule has 0 aliphatic heterocycles. The van der Waals surface area contributed by atoms with Gasteiger partial charge in [-0.05, 0) is 37.6 Å². The van der Waals surface area contributed by atoms with Crippen molar-refractivity contribution in [3.05, 3.63) is 39.3 Å². The Hall–Kier alpha value is -0.360. The molecule has 17 heavy (non-hydrogen) atoms. The third-order valence-corrected chi connectivity index (χ3v) is 4.89. The lowest BCUT2D eigenvalue weighted by molar-refractivity contribution is 0.943.